The van der Waals surface area contributed by atoms with E-state index in [9.17, 15) is 0 Å². The highest BCUT2D eigenvalue weighted by Gasteiger charge is 2.24. The topological polar surface area (TPSA) is 12.0 Å². The molecule has 0 heterocycles. The maximum absolute atomic E-state index is 3.76. The van der Waals surface area contributed by atoms with Crippen molar-refractivity contribution in [1.82, 2.24) is 5.32 Å². The number of benzene rings is 1. The fraction of sp³-hybridized carbons (Fsp3) is 0.625. The van der Waals surface area contributed by atoms with Crippen LogP contribution in [0.15, 0.2) is 28.7 Å². The lowest BCUT2D eigenvalue weighted by atomic mass is 9.81. The number of rotatable bonds is 5. The van der Waals surface area contributed by atoms with Crippen LogP contribution in [-0.2, 0) is 0 Å². The minimum Gasteiger partial charge on any atom is -0.310 e. The van der Waals surface area contributed by atoms with E-state index >= 15 is 0 Å². The summed E-state index contributed by atoms with van der Waals surface area (Å²) in [6.45, 7) is 3.36. The van der Waals surface area contributed by atoms with Crippen LogP contribution in [0.25, 0.3) is 0 Å². The summed E-state index contributed by atoms with van der Waals surface area (Å²) in [6.07, 6.45) is 8.21. The van der Waals surface area contributed by atoms with Crippen molar-refractivity contribution >= 4 is 15.9 Å². The van der Waals surface area contributed by atoms with Gasteiger partial charge in [0.2, 0.25) is 0 Å². The zero-order valence-electron chi connectivity index (χ0n) is 11.3. The van der Waals surface area contributed by atoms with E-state index < -0.39 is 0 Å². The molecule has 1 atom stereocenters. The van der Waals surface area contributed by atoms with Gasteiger partial charge in [0.05, 0.1) is 0 Å². The average Bonchev–Trinajstić information content (AvgIpc) is 2.40. The van der Waals surface area contributed by atoms with Gasteiger partial charge in [0.25, 0.3) is 0 Å². The monoisotopic (exact) mass is 309 g/mol. The number of hydrogen-bond acceptors (Lipinski definition) is 1. The van der Waals surface area contributed by atoms with Crippen LogP contribution in [-0.4, -0.2) is 6.54 Å². The Morgan fingerprint density at radius 1 is 1.28 bits per heavy atom. The Bertz CT molecular complexity index is 358. The zero-order valence-corrected chi connectivity index (χ0v) is 12.9. The number of hydrogen-bond donors (Lipinski definition) is 1. The Kier molecular flexibility index (Phi) is 5.71. The Labute approximate surface area is 119 Å². The molecule has 0 aliphatic heterocycles. The molecule has 1 N–H and O–H groups in total. The van der Waals surface area contributed by atoms with Crippen LogP contribution in [0, 0.1) is 5.92 Å². The van der Waals surface area contributed by atoms with Gasteiger partial charge in [-0.25, -0.2) is 0 Å². The van der Waals surface area contributed by atoms with Crippen molar-refractivity contribution in [3.05, 3.63) is 34.3 Å². The number of halogens is 1. The molecule has 1 aromatic rings. The standard InChI is InChI=1S/C16H24BrN/c1-2-11-18-16(13-7-4-3-5-8-13)14-9-6-10-15(17)12-14/h6,9-10,12-13,16,18H,2-5,7-8,11H2,1H3. The third-order valence-corrected chi connectivity index (χ3v) is 4.44. The third-order valence-electron chi connectivity index (χ3n) is 3.94. The Hall–Kier alpha value is -0.340. The lowest BCUT2D eigenvalue weighted by Crippen LogP contribution is -2.30. The molecule has 0 saturated heterocycles. The molecule has 2 heteroatoms. The summed E-state index contributed by atoms with van der Waals surface area (Å²) in [6, 6.07) is 9.36. The Balaban J connectivity index is 2.12. The van der Waals surface area contributed by atoms with Crippen LogP contribution in [0.3, 0.4) is 0 Å². The minimum absolute atomic E-state index is 0.544. The fourth-order valence-corrected chi connectivity index (χ4v) is 3.44. The molecule has 0 radical (unpaired) electrons. The maximum atomic E-state index is 3.76. The molecule has 1 fully saturated rings. The lowest BCUT2D eigenvalue weighted by Gasteiger charge is -2.31. The summed E-state index contributed by atoms with van der Waals surface area (Å²) in [5.41, 5.74) is 1.45. The van der Waals surface area contributed by atoms with Crippen LogP contribution in [0.2, 0.25) is 0 Å². The molecule has 0 amide bonds. The SMILES string of the molecule is CCCNC(c1cccc(Br)c1)C1CCCCC1. The quantitative estimate of drug-likeness (QED) is 0.800. The third kappa shape index (κ3) is 3.83. The molecule has 1 nitrogen and oxygen atoms in total. The summed E-state index contributed by atoms with van der Waals surface area (Å²) in [4.78, 5) is 0. The van der Waals surface area contributed by atoms with E-state index in [2.05, 4.69) is 52.4 Å². The van der Waals surface area contributed by atoms with E-state index in [4.69, 9.17) is 0 Å². The van der Waals surface area contributed by atoms with Gasteiger partial charge in [0.1, 0.15) is 0 Å². The van der Waals surface area contributed by atoms with Gasteiger partial charge in [-0.3, -0.25) is 0 Å². The second-order valence-corrected chi connectivity index (χ2v) is 6.30. The summed E-state index contributed by atoms with van der Waals surface area (Å²) in [7, 11) is 0. The summed E-state index contributed by atoms with van der Waals surface area (Å²) in [5, 5.41) is 3.76. The fourth-order valence-electron chi connectivity index (χ4n) is 3.02. The van der Waals surface area contributed by atoms with E-state index in [1.807, 2.05) is 0 Å². The summed E-state index contributed by atoms with van der Waals surface area (Å²) >= 11 is 3.59. The van der Waals surface area contributed by atoms with E-state index in [0.29, 0.717) is 6.04 Å². The van der Waals surface area contributed by atoms with Crippen LogP contribution >= 0.6 is 15.9 Å². The predicted molar refractivity (Wildman–Crippen MR) is 81.8 cm³/mol. The Morgan fingerprint density at radius 2 is 2.06 bits per heavy atom. The van der Waals surface area contributed by atoms with Crippen LogP contribution in [0.4, 0.5) is 0 Å². The normalized spacial score (nSPS) is 18.8. The van der Waals surface area contributed by atoms with E-state index in [0.717, 1.165) is 12.5 Å². The molecule has 0 bridgehead atoms. The van der Waals surface area contributed by atoms with Crippen LogP contribution < -0.4 is 5.32 Å². The molecular formula is C16H24BrN. The van der Waals surface area contributed by atoms with Gasteiger partial charge in [-0.1, -0.05) is 54.2 Å². The first kappa shape index (κ1) is 14.1. The molecule has 1 unspecified atom stereocenters. The molecule has 0 aromatic heterocycles. The van der Waals surface area contributed by atoms with Crippen molar-refractivity contribution in [1.29, 1.82) is 0 Å². The van der Waals surface area contributed by atoms with Crippen molar-refractivity contribution in [2.24, 2.45) is 5.92 Å². The van der Waals surface area contributed by atoms with Crippen molar-refractivity contribution in [3.63, 3.8) is 0 Å². The van der Waals surface area contributed by atoms with Gasteiger partial charge in [0, 0.05) is 10.5 Å². The van der Waals surface area contributed by atoms with E-state index in [1.54, 1.807) is 0 Å². The molecule has 0 spiro atoms. The van der Waals surface area contributed by atoms with E-state index in [1.165, 1.54) is 48.6 Å². The second kappa shape index (κ2) is 7.30. The lowest BCUT2D eigenvalue weighted by molar-refractivity contribution is 0.272. The predicted octanol–water partition coefficient (Wildman–Crippen LogP) is 5.07. The molecule has 2 rings (SSSR count). The molecule has 1 saturated carbocycles. The molecule has 1 aliphatic carbocycles. The highest BCUT2D eigenvalue weighted by Crippen LogP contribution is 2.35. The van der Waals surface area contributed by atoms with Gasteiger partial charge in [-0.15, -0.1) is 0 Å². The van der Waals surface area contributed by atoms with Gasteiger partial charge in [0.15, 0.2) is 0 Å². The summed E-state index contributed by atoms with van der Waals surface area (Å²) in [5.74, 6) is 0.819. The van der Waals surface area contributed by atoms with Crippen molar-refractivity contribution < 1.29 is 0 Å². The van der Waals surface area contributed by atoms with Gasteiger partial charge in [-0.2, -0.15) is 0 Å². The molecule has 18 heavy (non-hydrogen) atoms. The smallest absolute Gasteiger partial charge is 0.0349 e. The maximum Gasteiger partial charge on any atom is 0.0349 e. The van der Waals surface area contributed by atoms with Crippen LogP contribution in [0.5, 0.6) is 0 Å². The summed E-state index contributed by atoms with van der Waals surface area (Å²) < 4.78 is 1.19. The molecule has 1 aromatic carbocycles. The largest absolute Gasteiger partial charge is 0.310 e. The second-order valence-electron chi connectivity index (χ2n) is 5.38. The first-order valence-corrected chi connectivity index (χ1v) is 8.09. The van der Waals surface area contributed by atoms with Crippen molar-refractivity contribution in [2.45, 2.75) is 51.5 Å². The Morgan fingerprint density at radius 3 is 2.72 bits per heavy atom. The molecule has 100 valence electrons. The molecule has 1 aliphatic rings. The van der Waals surface area contributed by atoms with Crippen LogP contribution in [0.1, 0.15) is 57.1 Å². The van der Waals surface area contributed by atoms with Gasteiger partial charge in [-0.05, 0) is 49.4 Å². The first-order chi connectivity index (χ1) is 8.81. The zero-order chi connectivity index (χ0) is 12.8. The highest BCUT2D eigenvalue weighted by molar-refractivity contribution is 9.10. The molecular weight excluding hydrogens is 286 g/mol. The van der Waals surface area contributed by atoms with E-state index in [-0.39, 0.29) is 0 Å². The van der Waals surface area contributed by atoms with Gasteiger partial charge >= 0.3 is 0 Å². The van der Waals surface area contributed by atoms with Crippen molar-refractivity contribution in [2.75, 3.05) is 6.54 Å². The average molecular weight is 310 g/mol. The van der Waals surface area contributed by atoms with Gasteiger partial charge < -0.3 is 5.32 Å². The van der Waals surface area contributed by atoms with Crippen molar-refractivity contribution in [3.8, 4) is 0 Å². The first-order valence-electron chi connectivity index (χ1n) is 7.30. The highest BCUT2D eigenvalue weighted by atomic mass is 79.9. The number of nitrogens with one attached hydrogen (secondary N) is 1. The minimum atomic E-state index is 0.544.